The third-order valence-corrected chi connectivity index (χ3v) is 3.79. The van der Waals surface area contributed by atoms with E-state index in [-0.39, 0.29) is 18.0 Å². The van der Waals surface area contributed by atoms with E-state index >= 15 is 0 Å². The number of non-ortho nitro benzene ring substituents is 1. The highest BCUT2D eigenvalue weighted by atomic mass is 16.6. The molecule has 0 aliphatic carbocycles. The third-order valence-electron chi connectivity index (χ3n) is 3.79. The number of aryl methyl sites for hydroxylation is 1. The van der Waals surface area contributed by atoms with Crippen molar-refractivity contribution in [1.82, 2.24) is 20.4 Å². The van der Waals surface area contributed by atoms with Crippen LogP contribution in [0.5, 0.6) is 0 Å². The lowest BCUT2D eigenvalue weighted by molar-refractivity contribution is -0.384. The van der Waals surface area contributed by atoms with Crippen molar-refractivity contribution in [2.24, 2.45) is 5.10 Å². The number of hydrogen-bond acceptors (Lipinski definition) is 6. The third kappa shape index (κ3) is 3.89. The second-order valence-electron chi connectivity index (χ2n) is 5.59. The summed E-state index contributed by atoms with van der Waals surface area (Å²) in [6.07, 6.45) is 0.180. The molecule has 3 rings (SSSR count). The zero-order valence-electron chi connectivity index (χ0n) is 14.0. The van der Waals surface area contributed by atoms with Gasteiger partial charge in [0.1, 0.15) is 5.52 Å². The van der Waals surface area contributed by atoms with Crippen LogP contribution < -0.4 is 5.43 Å². The SMILES string of the molecule is CC(=NNC(=O)CCn1nnc2ccccc21)c1cccc([N+](=O)[O-])c1. The second kappa shape index (κ2) is 7.51. The first-order valence-corrected chi connectivity index (χ1v) is 7.91. The summed E-state index contributed by atoms with van der Waals surface area (Å²) in [5.74, 6) is -0.283. The maximum atomic E-state index is 12.0. The molecular formula is C17H16N6O3. The molecule has 26 heavy (non-hydrogen) atoms. The van der Waals surface area contributed by atoms with Crippen molar-refractivity contribution >= 4 is 28.3 Å². The number of amides is 1. The van der Waals surface area contributed by atoms with Gasteiger partial charge in [0.25, 0.3) is 5.69 Å². The van der Waals surface area contributed by atoms with E-state index in [9.17, 15) is 14.9 Å². The number of hydrazone groups is 1. The fourth-order valence-electron chi connectivity index (χ4n) is 2.40. The van der Waals surface area contributed by atoms with Crippen LogP contribution in [0.3, 0.4) is 0 Å². The fourth-order valence-corrected chi connectivity index (χ4v) is 2.40. The number of carbonyl (C=O) groups is 1. The molecule has 1 heterocycles. The Morgan fingerprint density at radius 3 is 2.88 bits per heavy atom. The van der Waals surface area contributed by atoms with Crippen LogP contribution in [0.2, 0.25) is 0 Å². The van der Waals surface area contributed by atoms with Gasteiger partial charge in [0.15, 0.2) is 0 Å². The molecule has 9 nitrogen and oxygen atoms in total. The number of para-hydroxylation sites is 1. The standard InChI is InChI=1S/C17H16N6O3/c1-12(13-5-4-6-14(11-13)23(25)26)18-20-17(24)9-10-22-16-8-3-2-7-15(16)19-21-22/h2-8,11H,9-10H2,1H3,(H,20,24). The molecule has 0 aliphatic rings. The van der Waals surface area contributed by atoms with Crippen molar-refractivity contribution in [2.45, 2.75) is 19.9 Å². The Kier molecular flexibility index (Phi) is 4.97. The van der Waals surface area contributed by atoms with E-state index < -0.39 is 4.92 Å². The molecule has 0 fully saturated rings. The molecular weight excluding hydrogens is 336 g/mol. The molecule has 1 aromatic heterocycles. The summed E-state index contributed by atoms with van der Waals surface area (Å²) in [4.78, 5) is 22.3. The molecule has 3 aromatic rings. The van der Waals surface area contributed by atoms with Gasteiger partial charge in [0.05, 0.1) is 22.7 Å². The molecule has 1 amide bonds. The largest absolute Gasteiger partial charge is 0.273 e. The van der Waals surface area contributed by atoms with Gasteiger partial charge in [-0.1, -0.05) is 29.5 Å². The van der Waals surface area contributed by atoms with Crippen LogP contribution >= 0.6 is 0 Å². The maximum absolute atomic E-state index is 12.0. The molecule has 0 atom stereocenters. The minimum absolute atomic E-state index is 0.0264. The quantitative estimate of drug-likeness (QED) is 0.415. The Hall–Kier alpha value is -3.62. The van der Waals surface area contributed by atoms with E-state index in [4.69, 9.17) is 0 Å². The zero-order valence-corrected chi connectivity index (χ0v) is 14.0. The molecule has 0 saturated heterocycles. The molecule has 2 aromatic carbocycles. The average molecular weight is 352 g/mol. The van der Waals surface area contributed by atoms with Gasteiger partial charge in [-0.05, 0) is 19.1 Å². The fraction of sp³-hybridized carbons (Fsp3) is 0.176. The first-order chi connectivity index (χ1) is 12.5. The topological polar surface area (TPSA) is 115 Å². The number of hydrogen-bond donors (Lipinski definition) is 1. The lowest BCUT2D eigenvalue weighted by Crippen LogP contribution is -2.21. The van der Waals surface area contributed by atoms with Crippen molar-refractivity contribution in [3.05, 3.63) is 64.2 Å². The van der Waals surface area contributed by atoms with Crippen molar-refractivity contribution in [3.63, 3.8) is 0 Å². The number of nitro groups is 1. The smallest absolute Gasteiger partial charge is 0.270 e. The van der Waals surface area contributed by atoms with Gasteiger partial charge in [-0.2, -0.15) is 5.10 Å². The number of fused-ring (bicyclic) bond motifs is 1. The Labute approximate surface area is 148 Å². The summed E-state index contributed by atoms with van der Waals surface area (Å²) in [6, 6.07) is 13.6. The summed E-state index contributed by atoms with van der Waals surface area (Å²) in [5, 5.41) is 22.9. The van der Waals surface area contributed by atoms with Crippen LogP contribution in [0.4, 0.5) is 5.69 Å². The Morgan fingerprint density at radius 1 is 1.27 bits per heavy atom. The molecule has 132 valence electrons. The summed E-state index contributed by atoms with van der Waals surface area (Å²) >= 11 is 0. The van der Waals surface area contributed by atoms with Gasteiger partial charge in [-0.25, -0.2) is 10.1 Å². The van der Waals surface area contributed by atoms with Crippen LogP contribution in [0.25, 0.3) is 11.0 Å². The van der Waals surface area contributed by atoms with Gasteiger partial charge < -0.3 is 0 Å². The molecule has 0 radical (unpaired) electrons. The molecule has 0 aliphatic heterocycles. The second-order valence-corrected chi connectivity index (χ2v) is 5.59. The molecule has 0 spiro atoms. The molecule has 0 saturated carbocycles. The first-order valence-electron chi connectivity index (χ1n) is 7.91. The number of benzene rings is 2. The number of rotatable bonds is 6. The van der Waals surface area contributed by atoms with E-state index in [1.54, 1.807) is 23.7 Å². The highest BCUT2D eigenvalue weighted by molar-refractivity contribution is 5.99. The van der Waals surface area contributed by atoms with Crippen molar-refractivity contribution in [1.29, 1.82) is 0 Å². The Balaban J connectivity index is 1.60. The molecule has 9 heteroatoms. The van der Waals surface area contributed by atoms with Gasteiger partial charge in [-0.15, -0.1) is 5.10 Å². The van der Waals surface area contributed by atoms with Gasteiger partial charge >= 0.3 is 0 Å². The molecule has 0 bridgehead atoms. The van der Waals surface area contributed by atoms with E-state index in [1.807, 2.05) is 24.3 Å². The normalized spacial score (nSPS) is 11.5. The first kappa shape index (κ1) is 17.2. The van der Waals surface area contributed by atoms with E-state index in [2.05, 4.69) is 20.8 Å². The van der Waals surface area contributed by atoms with Crippen LogP contribution in [0, 0.1) is 10.1 Å². The zero-order chi connectivity index (χ0) is 18.5. The predicted molar refractivity (Wildman–Crippen MR) is 95.6 cm³/mol. The summed E-state index contributed by atoms with van der Waals surface area (Å²) < 4.78 is 1.66. The number of nitro benzene ring substituents is 1. The minimum Gasteiger partial charge on any atom is -0.273 e. The predicted octanol–water partition coefficient (Wildman–Crippen LogP) is 2.27. The van der Waals surface area contributed by atoms with E-state index in [1.165, 1.54) is 12.1 Å². The average Bonchev–Trinajstić information content (AvgIpc) is 3.07. The molecule has 1 N–H and O–H groups in total. The lowest BCUT2D eigenvalue weighted by Gasteiger charge is -2.04. The van der Waals surface area contributed by atoms with Crippen molar-refractivity contribution < 1.29 is 9.72 Å². The Morgan fingerprint density at radius 2 is 2.08 bits per heavy atom. The highest BCUT2D eigenvalue weighted by Crippen LogP contribution is 2.13. The van der Waals surface area contributed by atoms with Crippen LogP contribution in [-0.4, -0.2) is 31.5 Å². The van der Waals surface area contributed by atoms with Crippen molar-refractivity contribution in [2.75, 3.05) is 0 Å². The van der Waals surface area contributed by atoms with E-state index in [0.29, 0.717) is 17.8 Å². The lowest BCUT2D eigenvalue weighted by atomic mass is 10.1. The number of carbonyl (C=O) groups excluding carboxylic acids is 1. The van der Waals surface area contributed by atoms with Crippen LogP contribution in [0.1, 0.15) is 18.9 Å². The minimum atomic E-state index is -0.474. The summed E-state index contributed by atoms with van der Waals surface area (Å²) in [7, 11) is 0. The number of nitrogens with zero attached hydrogens (tertiary/aromatic N) is 5. The van der Waals surface area contributed by atoms with Gasteiger partial charge in [0, 0.05) is 24.1 Å². The Bertz CT molecular complexity index is 995. The monoisotopic (exact) mass is 352 g/mol. The van der Waals surface area contributed by atoms with Gasteiger partial charge in [-0.3, -0.25) is 14.9 Å². The van der Waals surface area contributed by atoms with Crippen molar-refractivity contribution in [3.8, 4) is 0 Å². The summed E-state index contributed by atoms with van der Waals surface area (Å²) in [6.45, 7) is 2.04. The maximum Gasteiger partial charge on any atom is 0.270 e. The highest BCUT2D eigenvalue weighted by Gasteiger charge is 2.09. The number of nitrogens with one attached hydrogen (secondary N) is 1. The van der Waals surface area contributed by atoms with Crippen LogP contribution in [0.15, 0.2) is 53.6 Å². The van der Waals surface area contributed by atoms with Gasteiger partial charge in [0.2, 0.25) is 5.91 Å². The summed E-state index contributed by atoms with van der Waals surface area (Å²) in [5.41, 5.74) is 5.11. The molecule has 0 unspecified atom stereocenters. The van der Waals surface area contributed by atoms with E-state index in [0.717, 1.165) is 11.0 Å². The number of aromatic nitrogens is 3. The van der Waals surface area contributed by atoms with Crippen LogP contribution in [-0.2, 0) is 11.3 Å².